The molecular formula is C13H26N2O2. The van der Waals surface area contributed by atoms with Crippen LogP contribution in [0.3, 0.4) is 0 Å². The molecule has 2 amide bonds. The van der Waals surface area contributed by atoms with E-state index in [0.717, 1.165) is 12.5 Å². The second-order valence-corrected chi connectivity index (χ2v) is 5.01. The van der Waals surface area contributed by atoms with Crippen molar-refractivity contribution in [3.63, 3.8) is 0 Å². The molecule has 1 saturated carbocycles. The number of hydrogen-bond acceptors (Lipinski definition) is 2. The summed E-state index contributed by atoms with van der Waals surface area (Å²) in [6.07, 6.45) is 5.14. The number of aliphatic hydroxyl groups is 1. The summed E-state index contributed by atoms with van der Waals surface area (Å²) in [6.45, 7) is 6.08. The summed E-state index contributed by atoms with van der Waals surface area (Å²) in [5.74, 6) is 1.34. The Labute approximate surface area is 104 Å². The van der Waals surface area contributed by atoms with Gasteiger partial charge in [0.25, 0.3) is 0 Å². The van der Waals surface area contributed by atoms with Gasteiger partial charge in [0, 0.05) is 19.6 Å². The Hall–Kier alpha value is -0.770. The Kier molecular flexibility index (Phi) is 6.34. The lowest BCUT2D eigenvalue weighted by Crippen LogP contribution is -2.44. The highest BCUT2D eigenvalue weighted by Gasteiger charge is 2.22. The number of nitrogens with zero attached hydrogens (tertiary/aromatic N) is 1. The molecule has 2 atom stereocenters. The van der Waals surface area contributed by atoms with Crippen molar-refractivity contribution in [1.29, 1.82) is 0 Å². The van der Waals surface area contributed by atoms with E-state index in [9.17, 15) is 4.79 Å². The molecular weight excluding hydrogens is 216 g/mol. The fourth-order valence-electron chi connectivity index (χ4n) is 2.55. The smallest absolute Gasteiger partial charge is 0.317 e. The molecule has 4 nitrogen and oxygen atoms in total. The molecule has 1 fully saturated rings. The van der Waals surface area contributed by atoms with Crippen LogP contribution in [0.25, 0.3) is 0 Å². The van der Waals surface area contributed by atoms with Gasteiger partial charge >= 0.3 is 6.03 Å². The van der Waals surface area contributed by atoms with E-state index in [-0.39, 0.29) is 12.6 Å². The van der Waals surface area contributed by atoms with Gasteiger partial charge in [-0.05, 0) is 25.2 Å². The van der Waals surface area contributed by atoms with Crippen LogP contribution in [-0.4, -0.2) is 42.3 Å². The van der Waals surface area contributed by atoms with Crippen molar-refractivity contribution < 1.29 is 9.90 Å². The van der Waals surface area contributed by atoms with Crippen LogP contribution in [0.5, 0.6) is 0 Å². The highest BCUT2D eigenvalue weighted by atomic mass is 16.3. The molecule has 1 rings (SSSR count). The molecule has 0 aliphatic heterocycles. The van der Waals surface area contributed by atoms with Crippen molar-refractivity contribution in [1.82, 2.24) is 10.2 Å². The summed E-state index contributed by atoms with van der Waals surface area (Å²) < 4.78 is 0. The zero-order valence-corrected chi connectivity index (χ0v) is 11.1. The summed E-state index contributed by atoms with van der Waals surface area (Å²) in [5.41, 5.74) is 0. The minimum Gasteiger partial charge on any atom is -0.395 e. The fraction of sp³-hybridized carbons (Fsp3) is 0.923. The number of carbonyl (C=O) groups is 1. The predicted molar refractivity (Wildman–Crippen MR) is 68.9 cm³/mol. The first kappa shape index (κ1) is 14.3. The third-order valence-electron chi connectivity index (χ3n) is 3.84. The van der Waals surface area contributed by atoms with E-state index in [1.54, 1.807) is 4.90 Å². The zero-order valence-electron chi connectivity index (χ0n) is 11.1. The van der Waals surface area contributed by atoms with Crippen molar-refractivity contribution in [2.75, 3.05) is 26.2 Å². The average Bonchev–Trinajstić information content (AvgIpc) is 2.34. The van der Waals surface area contributed by atoms with Crippen molar-refractivity contribution in [2.24, 2.45) is 11.8 Å². The van der Waals surface area contributed by atoms with E-state index in [4.69, 9.17) is 5.11 Å². The number of likely N-dealkylation sites (N-methyl/N-ethyl adjacent to an activating group) is 1. The topological polar surface area (TPSA) is 52.6 Å². The minimum atomic E-state index is -0.0423. The maximum Gasteiger partial charge on any atom is 0.317 e. The summed E-state index contributed by atoms with van der Waals surface area (Å²) in [7, 11) is 0. The van der Waals surface area contributed by atoms with Crippen LogP contribution >= 0.6 is 0 Å². The highest BCUT2D eigenvalue weighted by molar-refractivity contribution is 5.74. The lowest BCUT2D eigenvalue weighted by molar-refractivity contribution is 0.174. The summed E-state index contributed by atoms with van der Waals surface area (Å²) in [4.78, 5) is 13.5. The van der Waals surface area contributed by atoms with Crippen LogP contribution in [0.4, 0.5) is 4.79 Å². The lowest BCUT2D eigenvalue weighted by Gasteiger charge is -2.30. The van der Waals surface area contributed by atoms with Crippen molar-refractivity contribution in [2.45, 2.75) is 39.5 Å². The molecule has 0 spiro atoms. The van der Waals surface area contributed by atoms with Gasteiger partial charge in [-0.15, -0.1) is 0 Å². The molecule has 2 unspecified atom stereocenters. The molecule has 0 saturated heterocycles. The molecule has 4 heteroatoms. The number of carbonyl (C=O) groups excluding carboxylic acids is 1. The molecule has 0 heterocycles. The molecule has 0 radical (unpaired) electrons. The van der Waals surface area contributed by atoms with Gasteiger partial charge in [0.15, 0.2) is 0 Å². The van der Waals surface area contributed by atoms with E-state index in [1.807, 2.05) is 6.92 Å². The zero-order chi connectivity index (χ0) is 12.7. The molecule has 1 aliphatic rings. The maximum atomic E-state index is 11.8. The Balaban J connectivity index is 2.30. The molecule has 0 aromatic rings. The molecule has 0 aromatic heterocycles. The third kappa shape index (κ3) is 4.54. The fourth-order valence-corrected chi connectivity index (χ4v) is 2.55. The lowest BCUT2D eigenvalue weighted by atomic mass is 9.80. The largest absolute Gasteiger partial charge is 0.395 e. The van der Waals surface area contributed by atoms with Gasteiger partial charge in [-0.2, -0.15) is 0 Å². The van der Waals surface area contributed by atoms with Crippen LogP contribution in [0.15, 0.2) is 0 Å². The van der Waals surface area contributed by atoms with E-state index in [0.29, 0.717) is 19.0 Å². The molecule has 1 aliphatic carbocycles. The Morgan fingerprint density at radius 2 is 2.12 bits per heavy atom. The average molecular weight is 242 g/mol. The van der Waals surface area contributed by atoms with Gasteiger partial charge in [0.1, 0.15) is 0 Å². The number of aliphatic hydroxyl groups excluding tert-OH is 1. The van der Waals surface area contributed by atoms with Gasteiger partial charge in [-0.25, -0.2) is 4.79 Å². The molecule has 0 aromatic carbocycles. The first-order valence-electron chi connectivity index (χ1n) is 6.82. The second kappa shape index (κ2) is 7.54. The molecule has 2 N–H and O–H groups in total. The standard InChI is InChI=1S/C13H26N2O2/c1-3-15(8-9-16)13(17)14-10-12-7-5-4-6-11(12)2/h11-12,16H,3-10H2,1-2H3,(H,14,17). The predicted octanol–water partition coefficient (Wildman–Crippen LogP) is 1.84. The van der Waals surface area contributed by atoms with Crippen molar-refractivity contribution in [3.05, 3.63) is 0 Å². The van der Waals surface area contributed by atoms with Gasteiger partial charge in [0.05, 0.1) is 6.61 Å². The SMILES string of the molecule is CCN(CCO)C(=O)NCC1CCCCC1C. The Bertz CT molecular complexity index is 233. The van der Waals surface area contributed by atoms with E-state index < -0.39 is 0 Å². The summed E-state index contributed by atoms with van der Waals surface area (Å²) in [6, 6.07) is -0.0423. The van der Waals surface area contributed by atoms with Crippen LogP contribution in [0.1, 0.15) is 39.5 Å². The number of urea groups is 1. The Morgan fingerprint density at radius 1 is 1.41 bits per heavy atom. The van der Waals surface area contributed by atoms with Crippen molar-refractivity contribution in [3.8, 4) is 0 Å². The van der Waals surface area contributed by atoms with E-state index >= 15 is 0 Å². The quantitative estimate of drug-likeness (QED) is 0.773. The number of amides is 2. The van der Waals surface area contributed by atoms with Gasteiger partial charge in [-0.3, -0.25) is 0 Å². The Morgan fingerprint density at radius 3 is 2.71 bits per heavy atom. The van der Waals surface area contributed by atoms with Crippen LogP contribution in [0, 0.1) is 11.8 Å². The summed E-state index contributed by atoms with van der Waals surface area (Å²) in [5, 5.41) is 11.8. The minimum absolute atomic E-state index is 0.0289. The summed E-state index contributed by atoms with van der Waals surface area (Å²) >= 11 is 0. The highest BCUT2D eigenvalue weighted by Crippen LogP contribution is 2.28. The molecule has 17 heavy (non-hydrogen) atoms. The number of hydrogen-bond donors (Lipinski definition) is 2. The molecule has 100 valence electrons. The number of nitrogens with one attached hydrogen (secondary N) is 1. The number of rotatable bonds is 5. The first-order chi connectivity index (χ1) is 8.19. The van der Waals surface area contributed by atoms with Crippen molar-refractivity contribution >= 4 is 6.03 Å². The van der Waals surface area contributed by atoms with Gasteiger partial charge in [0.2, 0.25) is 0 Å². The third-order valence-corrected chi connectivity index (χ3v) is 3.84. The van der Waals surface area contributed by atoms with Gasteiger partial charge in [-0.1, -0.05) is 26.2 Å². The van der Waals surface area contributed by atoms with E-state index in [2.05, 4.69) is 12.2 Å². The molecule has 0 bridgehead atoms. The first-order valence-corrected chi connectivity index (χ1v) is 6.82. The van der Waals surface area contributed by atoms with Crippen LogP contribution in [-0.2, 0) is 0 Å². The van der Waals surface area contributed by atoms with Gasteiger partial charge < -0.3 is 15.3 Å². The maximum absolute atomic E-state index is 11.8. The monoisotopic (exact) mass is 242 g/mol. The van der Waals surface area contributed by atoms with Crippen LogP contribution in [0.2, 0.25) is 0 Å². The van der Waals surface area contributed by atoms with E-state index in [1.165, 1.54) is 25.7 Å². The second-order valence-electron chi connectivity index (χ2n) is 5.01. The normalized spacial score (nSPS) is 24.4. The van der Waals surface area contributed by atoms with Crippen LogP contribution < -0.4 is 5.32 Å².